The number of fused-ring (bicyclic) bond motifs is 1. The first-order valence-corrected chi connectivity index (χ1v) is 8.29. The second-order valence-corrected chi connectivity index (χ2v) is 6.15. The molecule has 3 aromatic rings. The van der Waals surface area contributed by atoms with Crippen LogP contribution in [0, 0.1) is 19.7 Å². The van der Waals surface area contributed by atoms with Gasteiger partial charge in [-0.2, -0.15) is 10.1 Å². The van der Waals surface area contributed by atoms with Crippen LogP contribution in [0.15, 0.2) is 24.5 Å². The summed E-state index contributed by atoms with van der Waals surface area (Å²) in [6, 6.07) is 3.75. The van der Waals surface area contributed by atoms with Gasteiger partial charge in [-0.15, -0.1) is 0 Å². The van der Waals surface area contributed by atoms with Crippen molar-refractivity contribution in [3.63, 3.8) is 0 Å². The predicted molar refractivity (Wildman–Crippen MR) is 95.0 cm³/mol. The van der Waals surface area contributed by atoms with E-state index in [-0.39, 0.29) is 11.4 Å². The Morgan fingerprint density at radius 2 is 2.11 bits per heavy atom. The molecule has 0 aliphatic carbocycles. The van der Waals surface area contributed by atoms with Gasteiger partial charge in [0.15, 0.2) is 6.61 Å². The summed E-state index contributed by atoms with van der Waals surface area (Å²) in [7, 11) is 0. The molecule has 0 aliphatic rings. The van der Waals surface area contributed by atoms with Crippen LogP contribution in [0.5, 0.6) is 0 Å². The van der Waals surface area contributed by atoms with Crippen molar-refractivity contribution in [1.29, 1.82) is 0 Å². The molecule has 1 N–H and O–H groups in total. The number of anilines is 1. The van der Waals surface area contributed by atoms with Gasteiger partial charge in [0.25, 0.3) is 11.7 Å². The van der Waals surface area contributed by atoms with Crippen molar-refractivity contribution in [3.8, 4) is 0 Å². The summed E-state index contributed by atoms with van der Waals surface area (Å²) >= 11 is 5.65. The molecule has 27 heavy (non-hydrogen) atoms. The van der Waals surface area contributed by atoms with E-state index < -0.39 is 24.3 Å². The molecule has 0 spiro atoms. The van der Waals surface area contributed by atoms with E-state index in [1.807, 2.05) is 0 Å². The van der Waals surface area contributed by atoms with E-state index in [0.717, 1.165) is 11.8 Å². The fourth-order valence-electron chi connectivity index (χ4n) is 2.52. The van der Waals surface area contributed by atoms with Crippen molar-refractivity contribution in [2.75, 3.05) is 11.9 Å². The molecule has 2 aromatic heterocycles. The van der Waals surface area contributed by atoms with Crippen molar-refractivity contribution in [3.05, 3.63) is 52.3 Å². The number of esters is 1. The Morgan fingerprint density at radius 1 is 1.33 bits per heavy atom. The molecule has 0 bridgehead atoms. The van der Waals surface area contributed by atoms with Crippen LogP contribution < -0.4 is 5.32 Å². The summed E-state index contributed by atoms with van der Waals surface area (Å²) in [5.74, 6) is -1.30. The number of aromatic nitrogens is 4. The molecule has 10 heteroatoms. The van der Waals surface area contributed by atoms with Crippen LogP contribution >= 0.6 is 11.6 Å². The van der Waals surface area contributed by atoms with Crippen molar-refractivity contribution in [1.82, 2.24) is 19.6 Å². The summed E-state index contributed by atoms with van der Waals surface area (Å²) in [5, 5.41) is 6.40. The van der Waals surface area contributed by atoms with E-state index in [9.17, 15) is 14.0 Å². The molecule has 0 atom stereocenters. The minimum absolute atomic E-state index is 0.0594. The van der Waals surface area contributed by atoms with Crippen molar-refractivity contribution < 1.29 is 18.7 Å². The third kappa shape index (κ3) is 4.20. The summed E-state index contributed by atoms with van der Waals surface area (Å²) < 4.78 is 19.6. The van der Waals surface area contributed by atoms with Gasteiger partial charge in [0, 0.05) is 22.6 Å². The molecule has 2 heterocycles. The third-order valence-corrected chi connectivity index (χ3v) is 4.17. The zero-order valence-electron chi connectivity index (χ0n) is 14.5. The first-order valence-electron chi connectivity index (χ1n) is 7.91. The number of amides is 1. The number of rotatable bonds is 5. The van der Waals surface area contributed by atoms with E-state index in [1.54, 1.807) is 13.8 Å². The molecular formula is C17H15ClFN5O3. The van der Waals surface area contributed by atoms with Crippen LogP contribution in [0.4, 0.5) is 10.1 Å². The lowest BCUT2D eigenvalue weighted by molar-refractivity contribution is -0.146. The molecule has 1 amide bonds. The summed E-state index contributed by atoms with van der Waals surface area (Å²) in [5.41, 5.74) is 2.31. The number of aryl methyl sites for hydroxylation is 2. The molecule has 0 saturated heterocycles. The number of nitrogens with zero attached hydrogens (tertiary/aromatic N) is 4. The van der Waals surface area contributed by atoms with Gasteiger partial charge in [-0.3, -0.25) is 9.59 Å². The molecule has 0 radical (unpaired) electrons. The van der Waals surface area contributed by atoms with E-state index in [4.69, 9.17) is 16.3 Å². The number of hydrogen-bond acceptors (Lipinski definition) is 6. The molecule has 140 valence electrons. The van der Waals surface area contributed by atoms with Gasteiger partial charge >= 0.3 is 5.97 Å². The maximum absolute atomic E-state index is 13.1. The van der Waals surface area contributed by atoms with Crippen molar-refractivity contribution in [2.24, 2.45) is 0 Å². The highest BCUT2D eigenvalue weighted by molar-refractivity contribution is 6.31. The maximum Gasteiger partial charge on any atom is 0.310 e. The summed E-state index contributed by atoms with van der Waals surface area (Å²) in [6.07, 6.45) is 1.32. The molecule has 1 aromatic carbocycles. The molecular weight excluding hydrogens is 377 g/mol. The van der Waals surface area contributed by atoms with Gasteiger partial charge in [-0.1, -0.05) is 11.6 Å². The fourth-order valence-corrected chi connectivity index (χ4v) is 2.70. The highest BCUT2D eigenvalue weighted by Gasteiger charge is 2.16. The highest BCUT2D eigenvalue weighted by Crippen LogP contribution is 2.19. The van der Waals surface area contributed by atoms with Gasteiger partial charge < -0.3 is 10.1 Å². The number of nitrogens with one attached hydrogen (secondary N) is 1. The lowest BCUT2D eigenvalue weighted by Crippen LogP contribution is -2.22. The van der Waals surface area contributed by atoms with Crippen LogP contribution in [0.3, 0.4) is 0 Å². The van der Waals surface area contributed by atoms with Crippen LogP contribution in [-0.2, 0) is 20.7 Å². The quantitative estimate of drug-likeness (QED) is 0.670. The van der Waals surface area contributed by atoms with Gasteiger partial charge in [-0.25, -0.2) is 13.9 Å². The van der Waals surface area contributed by atoms with Gasteiger partial charge in [-0.05, 0) is 32.0 Å². The van der Waals surface area contributed by atoms with Gasteiger partial charge in [0.05, 0.1) is 11.4 Å². The number of ether oxygens (including phenoxy) is 1. The zero-order valence-corrected chi connectivity index (χ0v) is 15.2. The summed E-state index contributed by atoms with van der Waals surface area (Å²) in [4.78, 5) is 32.3. The lowest BCUT2D eigenvalue weighted by atomic mass is 10.1. The molecule has 0 aliphatic heterocycles. The number of hydrogen-bond donors (Lipinski definition) is 1. The Hall–Kier alpha value is -3.07. The van der Waals surface area contributed by atoms with E-state index in [1.165, 1.54) is 23.0 Å². The standard InChI is InChI=1S/C17H15ClFN5O3/c1-9-12(10(2)24-17(22-9)20-8-21-24)6-16(26)27-7-15(25)23-11-3-4-14(19)13(18)5-11/h3-5,8H,6-7H2,1-2H3,(H,23,25). The normalized spacial score (nSPS) is 10.8. The molecule has 0 fully saturated rings. The average molecular weight is 392 g/mol. The number of halogens is 2. The predicted octanol–water partition coefficient (Wildman–Crippen LogP) is 2.26. The van der Waals surface area contributed by atoms with E-state index in [0.29, 0.717) is 22.7 Å². The van der Waals surface area contributed by atoms with Crippen LogP contribution in [0.1, 0.15) is 17.0 Å². The smallest absolute Gasteiger partial charge is 0.310 e. The third-order valence-electron chi connectivity index (χ3n) is 3.88. The lowest BCUT2D eigenvalue weighted by Gasteiger charge is -2.10. The second-order valence-electron chi connectivity index (χ2n) is 5.75. The monoisotopic (exact) mass is 391 g/mol. The Labute approximate surface area is 158 Å². The molecule has 8 nitrogen and oxygen atoms in total. The average Bonchev–Trinajstić information content (AvgIpc) is 3.08. The SMILES string of the molecule is Cc1nc2ncnn2c(C)c1CC(=O)OCC(=O)Nc1ccc(F)c(Cl)c1. The molecule has 0 unspecified atom stereocenters. The first-order chi connectivity index (χ1) is 12.8. The van der Waals surface area contributed by atoms with E-state index >= 15 is 0 Å². The fraction of sp³-hybridized carbons (Fsp3) is 0.235. The minimum atomic E-state index is -0.593. The highest BCUT2D eigenvalue weighted by atomic mass is 35.5. The van der Waals surface area contributed by atoms with Crippen molar-refractivity contribution >= 4 is 34.9 Å². The number of benzene rings is 1. The van der Waals surface area contributed by atoms with Crippen LogP contribution in [-0.4, -0.2) is 38.1 Å². The molecule has 3 rings (SSSR count). The Balaban J connectivity index is 1.59. The first kappa shape index (κ1) is 18.7. The zero-order chi connectivity index (χ0) is 19.6. The summed E-state index contributed by atoms with van der Waals surface area (Å²) in [6.45, 7) is 3.07. The Kier molecular flexibility index (Phi) is 5.31. The number of carbonyl (C=O) groups is 2. The minimum Gasteiger partial charge on any atom is -0.455 e. The maximum atomic E-state index is 13.1. The largest absolute Gasteiger partial charge is 0.455 e. The van der Waals surface area contributed by atoms with Crippen LogP contribution in [0.25, 0.3) is 5.78 Å². The van der Waals surface area contributed by atoms with Gasteiger partial charge in [0.1, 0.15) is 12.1 Å². The van der Waals surface area contributed by atoms with Crippen molar-refractivity contribution in [2.45, 2.75) is 20.3 Å². The second kappa shape index (κ2) is 7.67. The molecule has 0 saturated carbocycles. The van der Waals surface area contributed by atoms with E-state index in [2.05, 4.69) is 20.4 Å². The Bertz CT molecular complexity index is 1040. The Morgan fingerprint density at radius 3 is 2.85 bits per heavy atom. The van der Waals surface area contributed by atoms with Gasteiger partial charge in [0.2, 0.25) is 0 Å². The topological polar surface area (TPSA) is 98.5 Å². The number of carbonyl (C=O) groups excluding carboxylic acids is 2. The van der Waals surface area contributed by atoms with Crippen LogP contribution in [0.2, 0.25) is 5.02 Å².